The number of morpholine rings is 1. The van der Waals surface area contributed by atoms with E-state index in [-0.39, 0.29) is 40.9 Å². The predicted molar refractivity (Wildman–Crippen MR) is 189 cm³/mol. The van der Waals surface area contributed by atoms with E-state index >= 15 is 0 Å². The van der Waals surface area contributed by atoms with Crippen LogP contribution in [-0.4, -0.2) is 96.7 Å². The fourth-order valence-corrected chi connectivity index (χ4v) is 9.08. The number of halogens is 2. The Morgan fingerprint density at radius 1 is 0.960 bits per heavy atom. The molecule has 2 amide bonds. The number of carboxylic acid groups (broad SMARTS) is 1. The minimum atomic E-state index is -1.34. The zero-order valence-electron chi connectivity index (χ0n) is 28.2. The Morgan fingerprint density at radius 2 is 1.60 bits per heavy atom. The van der Waals surface area contributed by atoms with E-state index in [0.29, 0.717) is 65.6 Å². The molecular weight excluding hydrogens is 685 g/mol. The number of benzene rings is 2. The van der Waals surface area contributed by atoms with Crippen molar-refractivity contribution in [3.8, 4) is 28.4 Å². The van der Waals surface area contributed by atoms with Crippen molar-refractivity contribution in [1.29, 1.82) is 0 Å². The van der Waals surface area contributed by atoms with Crippen LogP contribution in [0.25, 0.3) is 16.9 Å². The maximum atomic E-state index is 14.1. The van der Waals surface area contributed by atoms with Gasteiger partial charge in [-0.05, 0) is 92.2 Å². The lowest BCUT2D eigenvalue weighted by Gasteiger charge is -2.59. The summed E-state index contributed by atoms with van der Waals surface area (Å²) in [5.41, 5.74) is 0.448. The van der Waals surface area contributed by atoms with Crippen LogP contribution in [0.15, 0.2) is 42.5 Å². The number of aromatic nitrogens is 2. The molecule has 2 aromatic carbocycles. The second-order valence-electron chi connectivity index (χ2n) is 13.7. The van der Waals surface area contributed by atoms with Crippen molar-refractivity contribution in [3.63, 3.8) is 0 Å². The van der Waals surface area contributed by atoms with Gasteiger partial charge in [0.15, 0.2) is 5.69 Å². The van der Waals surface area contributed by atoms with E-state index in [2.05, 4.69) is 15.5 Å². The first-order valence-corrected chi connectivity index (χ1v) is 17.3. The van der Waals surface area contributed by atoms with Crippen LogP contribution in [0.4, 0.5) is 0 Å². The van der Waals surface area contributed by atoms with Crippen LogP contribution < -0.4 is 20.1 Å². The van der Waals surface area contributed by atoms with Crippen LogP contribution in [0, 0.1) is 23.7 Å². The molecule has 4 saturated carbocycles. The number of methoxy groups -OCH3 is 2. The van der Waals surface area contributed by atoms with Crippen molar-refractivity contribution in [2.24, 2.45) is 23.7 Å². The Hall–Kier alpha value is -3.84. The maximum absolute atomic E-state index is 14.1. The second kappa shape index (κ2) is 14.8. The zero-order chi connectivity index (χ0) is 34.3. The average molecular weight is 729 g/mol. The topological polar surface area (TPSA) is 144 Å². The first kappa shape index (κ1) is 36.0. The van der Waals surface area contributed by atoms with Gasteiger partial charge in [-0.15, -0.1) is 12.4 Å². The molecule has 0 atom stereocenters. The summed E-state index contributed by atoms with van der Waals surface area (Å²) in [7, 11) is 3.07. The number of rotatable bonds is 11. The van der Waals surface area contributed by atoms with Crippen molar-refractivity contribution in [1.82, 2.24) is 25.3 Å². The van der Waals surface area contributed by atoms with E-state index < -0.39 is 17.4 Å². The van der Waals surface area contributed by atoms with Gasteiger partial charge in [-0.3, -0.25) is 14.5 Å². The summed E-state index contributed by atoms with van der Waals surface area (Å²) in [6.07, 6.45) is 4.38. The maximum Gasteiger partial charge on any atom is 0.330 e. The van der Waals surface area contributed by atoms with Crippen LogP contribution >= 0.6 is 24.0 Å². The number of nitrogens with one attached hydrogen (secondary N) is 2. The second-order valence-corrected chi connectivity index (χ2v) is 14.1. The van der Waals surface area contributed by atoms with E-state index in [9.17, 15) is 19.5 Å². The van der Waals surface area contributed by atoms with Crippen molar-refractivity contribution in [2.45, 2.75) is 37.6 Å². The van der Waals surface area contributed by atoms with Gasteiger partial charge in [0.25, 0.3) is 11.8 Å². The largest absolute Gasteiger partial charge is 0.496 e. The van der Waals surface area contributed by atoms with Crippen molar-refractivity contribution in [2.75, 3.05) is 53.6 Å². The lowest BCUT2D eigenvalue weighted by atomic mass is 9.48. The predicted octanol–water partition coefficient (Wildman–Crippen LogP) is 4.70. The highest BCUT2D eigenvalue weighted by Gasteiger charge is 2.62. The smallest absolute Gasteiger partial charge is 0.330 e. The van der Waals surface area contributed by atoms with Gasteiger partial charge >= 0.3 is 5.97 Å². The molecule has 0 spiro atoms. The standard InChI is InChI=1S/C36H42ClN5O7.ClH/c1-47-30-4-3-5-31(48-2)32(30)29-20-27(34(44)39-36(35(45)46)24-15-21-14-22(17-24)18-25(36)16-21)40-42(29)28-7-6-23(19-26(28)37)33(43)38-8-9-41-10-12-49-13-11-41;/h3-7,19-22,24-25H,8-18H2,1-2H3,(H,38,43)(H,39,44)(H,45,46);1H. The number of ether oxygens (including phenoxy) is 3. The molecule has 268 valence electrons. The molecule has 8 rings (SSSR count). The fourth-order valence-electron chi connectivity index (χ4n) is 8.82. The van der Waals surface area contributed by atoms with Gasteiger partial charge in [0.2, 0.25) is 0 Å². The van der Waals surface area contributed by atoms with E-state index in [1.807, 2.05) is 0 Å². The molecule has 0 radical (unpaired) electrons. The summed E-state index contributed by atoms with van der Waals surface area (Å²) in [6, 6.07) is 11.8. The number of carboxylic acids is 1. The van der Waals surface area contributed by atoms with Crippen molar-refractivity contribution < 1.29 is 33.7 Å². The summed E-state index contributed by atoms with van der Waals surface area (Å²) in [4.78, 5) is 42.4. The monoisotopic (exact) mass is 727 g/mol. The Balaban J connectivity index is 0.00000432. The van der Waals surface area contributed by atoms with Crippen LogP contribution in [-0.2, 0) is 9.53 Å². The molecule has 1 saturated heterocycles. The third kappa shape index (κ3) is 6.54. The normalized spacial score (nSPS) is 25.4. The third-order valence-electron chi connectivity index (χ3n) is 11.0. The van der Waals surface area contributed by atoms with Crippen LogP contribution in [0.1, 0.15) is 53.0 Å². The number of carbonyl (C=O) groups excluding carboxylic acids is 2. The van der Waals surface area contributed by atoms with E-state index in [1.165, 1.54) is 18.9 Å². The number of aliphatic carboxylic acids is 1. The number of hydrogen-bond acceptors (Lipinski definition) is 8. The van der Waals surface area contributed by atoms with Gasteiger partial charge in [0.1, 0.15) is 17.0 Å². The first-order chi connectivity index (χ1) is 23.7. The Bertz CT molecular complexity index is 1710. The quantitative estimate of drug-likeness (QED) is 0.256. The fraction of sp³-hybridized carbons (Fsp3) is 0.500. The van der Waals surface area contributed by atoms with E-state index in [4.69, 9.17) is 30.9 Å². The summed E-state index contributed by atoms with van der Waals surface area (Å²) >= 11 is 6.86. The number of nitrogens with zero attached hydrogens (tertiary/aromatic N) is 3. The Kier molecular flexibility index (Phi) is 10.6. The SMILES string of the molecule is COc1cccc(OC)c1-c1cc(C(=O)NC2(C(=O)O)C3CC4CC(C3)CC2C4)nn1-c1ccc(C(=O)NCCN2CCOCC2)cc1Cl.Cl. The number of amides is 2. The van der Waals surface area contributed by atoms with Crippen LogP contribution in [0.5, 0.6) is 11.5 Å². The van der Waals surface area contributed by atoms with Gasteiger partial charge in [0, 0.05) is 31.7 Å². The molecule has 50 heavy (non-hydrogen) atoms. The van der Waals surface area contributed by atoms with Gasteiger partial charge in [-0.1, -0.05) is 17.7 Å². The van der Waals surface area contributed by atoms with Crippen LogP contribution in [0.2, 0.25) is 5.02 Å². The Labute approximate surface area is 302 Å². The van der Waals surface area contributed by atoms with Gasteiger partial charge in [-0.2, -0.15) is 5.10 Å². The summed E-state index contributed by atoms with van der Waals surface area (Å²) in [5.74, 6) is -0.0700. The number of hydrogen-bond donors (Lipinski definition) is 3. The van der Waals surface area contributed by atoms with Gasteiger partial charge in [-0.25, -0.2) is 9.48 Å². The molecule has 1 aliphatic heterocycles. The highest BCUT2D eigenvalue weighted by molar-refractivity contribution is 6.32. The van der Waals surface area contributed by atoms with Crippen LogP contribution in [0.3, 0.4) is 0 Å². The molecule has 5 fully saturated rings. The minimum Gasteiger partial charge on any atom is -0.496 e. The molecule has 3 aromatic rings. The molecule has 14 heteroatoms. The molecule has 12 nitrogen and oxygen atoms in total. The van der Waals surface area contributed by atoms with E-state index in [0.717, 1.165) is 51.7 Å². The molecule has 3 N–H and O–H groups in total. The molecule has 2 heterocycles. The molecular formula is C36H43Cl2N5O7. The highest BCUT2D eigenvalue weighted by Crippen LogP contribution is 2.58. The van der Waals surface area contributed by atoms with Crippen molar-refractivity contribution >= 4 is 41.8 Å². The molecule has 1 aromatic heterocycles. The molecule has 4 aliphatic carbocycles. The van der Waals surface area contributed by atoms with Gasteiger partial charge < -0.3 is 30.0 Å². The first-order valence-electron chi connectivity index (χ1n) is 17.0. The molecule has 4 bridgehead atoms. The van der Waals surface area contributed by atoms with Crippen molar-refractivity contribution in [3.05, 3.63) is 58.7 Å². The Morgan fingerprint density at radius 3 is 2.18 bits per heavy atom. The third-order valence-corrected chi connectivity index (χ3v) is 11.3. The highest BCUT2D eigenvalue weighted by atomic mass is 35.5. The van der Waals surface area contributed by atoms with Gasteiger partial charge in [0.05, 0.1) is 49.4 Å². The number of carbonyl (C=O) groups is 3. The lowest BCUT2D eigenvalue weighted by molar-refractivity contribution is -0.163. The average Bonchev–Trinajstić information content (AvgIpc) is 3.54. The zero-order valence-corrected chi connectivity index (χ0v) is 29.7. The van der Waals surface area contributed by atoms with E-state index in [1.54, 1.807) is 42.5 Å². The minimum absolute atomic E-state index is 0. The molecule has 0 unspecified atom stereocenters. The lowest BCUT2D eigenvalue weighted by Crippen LogP contribution is -2.70. The summed E-state index contributed by atoms with van der Waals surface area (Å²) in [6.45, 7) is 4.24. The summed E-state index contributed by atoms with van der Waals surface area (Å²) < 4.78 is 18.3. The molecule has 5 aliphatic rings. The summed E-state index contributed by atoms with van der Waals surface area (Å²) in [5, 5.41) is 21.5.